The maximum absolute atomic E-state index is 13.9. The van der Waals surface area contributed by atoms with Gasteiger partial charge < -0.3 is 82.2 Å². The summed E-state index contributed by atoms with van der Waals surface area (Å²) in [6.07, 6.45) is 8.04. The molecular formula is C75H89N17O13. The quantitative estimate of drug-likeness (QED) is 0.0175. The van der Waals surface area contributed by atoms with Crippen molar-refractivity contribution in [3.05, 3.63) is 148 Å². The monoisotopic (exact) mass is 1440 g/mol. The van der Waals surface area contributed by atoms with Crippen LogP contribution in [0.2, 0.25) is 0 Å². The largest absolute Gasteiger partial charge is 0.495 e. The molecule has 0 radical (unpaired) electrons. The molecule has 6 heterocycles. The van der Waals surface area contributed by atoms with Gasteiger partial charge >= 0.3 is 6.03 Å². The number of nitrogens with two attached hydrogens (primary N) is 2. The van der Waals surface area contributed by atoms with E-state index in [1.54, 1.807) is 48.1 Å². The van der Waals surface area contributed by atoms with E-state index >= 15 is 0 Å². The second kappa shape index (κ2) is 34.0. The summed E-state index contributed by atoms with van der Waals surface area (Å²) in [5.41, 5.74) is 14.7. The Kier molecular flexibility index (Phi) is 24.3. The Bertz CT molecular complexity index is 4490. The minimum atomic E-state index is -1.38. The third-order valence-corrected chi connectivity index (χ3v) is 19.4. The van der Waals surface area contributed by atoms with Gasteiger partial charge in [-0.1, -0.05) is 78.6 Å². The summed E-state index contributed by atoms with van der Waals surface area (Å²) >= 11 is 0. The molecule has 0 unspecified atom stereocenters. The van der Waals surface area contributed by atoms with Gasteiger partial charge in [0.25, 0.3) is 5.56 Å². The summed E-state index contributed by atoms with van der Waals surface area (Å²) in [5, 5.41) is 20.4. The first-order valence-corrected chi connectivity index (χ1v) is 35.1. The first-order chi connectivity index (χ1) is 50.6. The highest BCUT2D eigenvalue weighted by atomic mass is 16.6. The van der Waals surface area contributed by atoms with Gasteiger partial charge in [-0.05, 0) is 98.5 Å². The zero-order valence-electron chi connectivity index (χ0n) is 59.2. The number of methoxy groups -OCH3 is 1. The zero-order chi connectivity index (χ0) is 74.4. The number of piperidine rings is 2. The van der Waals surface area contributed by atoms with Gasteiger partial charge in [-0.2, -0.15) is 0 Å². The summed E-state index contributed by atoms with van der Waals surface area (Å²) in [6.45, 7) is 4.83. The molecule has 30 nitrogen and oxygen atoms in total. The third-order valence-electron chi connectivity index (χ3n) is 19.4. The fraction of sp³-hybridized carbons (Fsp3) is 0.413. The number of urea groups is 1. The Morgan fingerprint density at radius 1 is 0.781 bits per heavy atom. The van der Waals surface area contributed by atoms with Gasteiger partial charge in [0.2, 0.25) is 53.2 Å². The summed E-state index contributed by atoms with van der Waals surface area (Å²) in [4.78, 5) is 150. The number of anilines is 2. The second-order valence-corrected chi connectivity index (χ2v) is 26.9. The van der Waals surface area contributed by atoms with Crippen molar-refractivity contribution in [2.75, 3.05) is 95.8 Å². The molecule has 3 aliphatic heterocycles. The number of benzene rings is 4. The number of hydrogen-bond acceptors (Lipinski definition) is 19. The van der Waals surface area contributed by atoms with Crippen molar-refractivity contribution in [1.82, 2.24) is 66.5 Å². The molecular weight excluding hydrogens is 1350 g/mol. The van der Waals surface area contributed by atoms with Crippen molar-refractivity contribution in [1.29, 1.82) is 0 Å². The van der Waals surface area contributed by atoms with E-state index in [4.69, 9.17) is 35.6 Å². The molecule has 12 N–H and O–H groups in total. The van der Waals surface area contributed by atoms with Crippen molar-refractivity contribution >= 4 is 86.7 Å². The minimum Gasteiger partial charge on any atom is -0.495 e. The Balaban J connectivity index is 0.763. The number of rotatable bonds is 30. The van der Waals surface area contributed by atoms with Gasteiger partial charge in [0.05, 0.1) is 69.3 Å². The number of likely N-dealkylation sites (tertiary alicyclic amines) is 1. The zero-order valence-corrected chi connectivity index (χ0v) is 59.2. The number of amides is 10. The van der Waals surface area contributed by atoms with Crippen LogP contribution in [0, 0.1) is 11.8 Å². The number of aromatic nitrogens is 4. The summed E-state index contributed by atoms with van der Waals surface area (Å²) in [7, 11) is 3.19. The fourth-order valence-corrected chi connectivity index (χ4v) is 13.5. The van der Waals surface area contributed by atoms with Crippen LogP contribution < -0.4 is 68.8 Å². The van der Waals surface area contributed by atoms with Gasteiger partial charge in [0, 0.05) is 105 Å². The van der Waals surface area contributed by atoms with Crippen LogP contribution in [0.25, 0.3) is 32.9 Å². The van der Waals surface area contributed by atoms with E-state index in [-0.39, 0.29) is 56.5 Å². The Morgan fingerprint density at radius 3 is 2.21 bits per heavy atom. The van der Waals surface area contributed by atoms with E-state index < -0.39 is 97.2 Å². The topological polar surface area (TPSA) is 394 Å². The molecule has 4 aliphatic rings. The normalized spacial score (nSPS) is 16.6. The number of primary amides is 1. The first kappa shape index (κ1) is 75.1. The van der Waals surface area contributed by atoms with Crippen molar-refractivity contribution in [3.63, 3.8) is 0 Å². The standard InChI is InChI=1S/C75H89N17O13/c1-47(93)84-59(39-62(77)94)70(100)81-45-92-66(98)26-33-91(73(92)102)60-37-49(17-22-61(60)103-4)14-11-29-83-74(2)27-34-89(35-28-74)52-24-31-90(32-25-52)72-86-57-21-18-50(56-43-88(3)71(101)67-54(56)23-30-78-67)38-55(57)68(87-72)75(105-53-19-20-53,51-15-9-6-10-16-51)44-104-46-82-64(96)41-80-69(99)58(36-48-12-7-5-8-13-48)85-65(97)42-79-63(95)40-76/h5-10,12-13,15-18,21-23,30,37-38,43,52-53,58-59,78,83H,19-20,24-29,31-36,39-42,44-46,76H2,1-4H3,(H2,77,94)(H,79,95)(H,80,99)(H,81,100)(H,82,96)(H,84,93)(H,85,97)/t58-,59-,75-/m0/s1. The van der Waals surface area contributed by atoms with Crippen molar-refractivity contribution < 1.29 is 57.4 Å². The first-order valence-electron chi connectivity index (χ1n) is 35.1. The van der Waals surface area contributed by atoms with Crippen LogP contribution in [0.3, 0.4) is 0 Å². The number of nitrogens with one attached hydrogen (secondary N) is 8. The Hall–Kier alpha value is -11.1. The van der Waals surface area contributed by atoms with Crippen LogP contribution in [-0.4, -0.2) is 198 Å². The molecule has 10 amide bonds. The predicted octanol–water partition coefficient (Wildman–Crippen LogP) is 1.99. The lowest BCUT2D eigenvalue weighted by Crippen LogP contribution is -2.57. The lowest BCUT2D eigenvalue weighted by atomic mass is 9.87. The van der Waals surface area contributed by atoms with Crippen LogP contribution in [0.1, 0.15) is 87.6 Å². The number of carbonyl (C=O) groups excluding carboxylic acids is 9. The van der Waals surface area contributed by atoms with Crippen molar-refractivity contribution in [3.8, 4) is 28.7 Å². The molecule has 105 heavy (non-hydrogen) atoms. The predicted molar refractivity (Wildman–Crippen MR) is 390 cm³/mol. The molecule has 4 fully saturated rings. The van der Waals surface area contributed by atoms with Crippen LogP contribution >= 0.6 is 0 Å². The number of ether oxygens (including phenoxy) is 3. The maximum atomic E-state index is 13.9. The number of nitrogens with zero attached hydrogens (tertiary/aromatic N) is 7. The summed E-state index contributed by atoms with van der Waals surface area (Å²) in [6, 6.07) is 29.1. The van der Waals surface area contributed by atoms with E-state index in [9.17, 15) is 47.9 Å². The van der Waals surface area contributed by atoms with E-state index in [1.165, 1.54) is 18.9 Å². The molecule has 11 rings (SSSR count). The van der Waals surface area contributed by atoms with Crippen LogP contribution in [-0.2, 0) is 66.9 Å². The molecule has 3 atom stereocenters. The summed E-state index contributed by atoms with van der Waals surface area (Å²) in [5.74, 6) is 2.31. The number of aromatic amines is 1. The minimum absolute atomic E-state index is 0.0418. The Labute approximate surface area is 606 Å². The molecule has 30 heteroatoms. The van der Waals surface area contributed by atoms with Gasteiger partial charge in [-0.3, -0.25) is 48.1 Å². The average Bonchev–Trinajstić information content (AvgIpc) is 1.58. The second-order valence-electron chi connectivity index (χ2n) is 26.9. The molecule has 3 aromatic heterocycles. The molecule has 1 aliphatic carbocycles. The average molecular weight is 1440 g/mol. The highest BCUT2D eigenvalue weighted by molar-refractivity contribution is 6.07. The third kappa shape index (κ3) is 18.6. The maximum Gasteiger partial charge on any atom is 0.332 e. The van der Waals surface area contributed by atoms with Crippen LogP contribution in [0.4, 0.5) is 16.4 Å². The van der Waals surface area contributed by atoms with Crippen molar-refractivity contribution in [2.24, 2.45) is 18.5 Å². The number of fused-ring (bicyclic) bond motifs is 2. The van der Waals surface area contributed by atoms with Crippen LogP contribution in [0.15, 0.2) is 120 Å². The molecule has 552 valence electrons. The van der Waals surface area contributed by atoms with E-state index in [2.05, 4.69) is 70.8 Å². The number of H-pyrrole nitrogens is 1. The number of carbonyl (C=O) groups is 9. The van der Waals surface area contributed by atoms with Gasteiger partial charge in [0.1, 0.15) is 36.7 Å². The molecule has 0 bridgehead atoms. The number of pyridine rings is 1. The van der Waals surface area contributed by atoms with E-state index in [0.717, 1.165) is 84.2 Å². The molecule has 1 saturated carbocycles. The highest BCUT2D eigenvalue weighted by Gasteiger charge is 2.45. The molecule has 7 aromatic rings. The summed E-state index contributed by atoms with van der Waals surface area (Å²) < 4.78 is 21.0. The lowest BCUT2D eigenvalue weighted by molar-refractivity contribution is -0.133. The molecule has 3 saturated heterocycles. The SMILES string of the molecule is COc1ccc(C#CCNC2(C)CCN(C3CCN(c4nc([C@@](COCNC(=O)CNC(=O)[C@H](Cc5ccccc5)NC(=O)CNC(=O)CN)(OC5CC5)c5ccccc5)c5cc(-c6cn(C)c(=O)c7[nH]ccc67)ccc5n4)CC3)CC2)cc1N1CCC(=O)N(CNC(=O)[C@H](CC(N)=O)NC(C)=O)C1=O. The fourth-order valence-electron chi connectivity index (χ4n) is 13.5. The van der Waals surface area contributed by atoms with Crippen molar-refractivity contribution in [2.45, 2.75) is 107 Å². The van der Waals surface area contributed by atoms with Gasteiger partial charge in [0.15, 0.2) is 5.60 Å². The van der Waals surface area contributed by atoms with Crippen LogP contribution in [0.5, 0.6) is 5.75 Å². The molecule has 4 aromatic carbocycles. The van der Waals surface area contributed by atoms with E-state index in [0.29, 0.717) is 70.7 Å². The molecule has 0 spiro atoms. The van der Waals surface area contributed by atoms with Gasteiger partial charge in [-0.25, -0.2) is 19.7 Å². The highest BCUT2D eigenvalue weighted by Crippen LogP contribution is 2.44. The number of imide groups is 1. The Morgan fingerprint density at radius 2 is 1.50 bits per heavy atom. The van der Waals surface area contributed by atoms with E-state index in [1.807, 2.05) is 79.0 Å². The number of hydrogen-bond donors (Lipinski definition) is 10. The van der Waals surface area contributed by atoms with Gasteiger partial charge in [-0.15, -0.1) is 0 Å². The number of aryl methyl sites for hydroxylation is 1. The lowest BCUT2D eigenvalue weighted by Gasteiger charge is -2.45. The smallest absolute Gasteiger partial charge is 0.332 e.